The molecule has 0 aliphatic rings. The Morgan fingerprint density at radius 3 is 2.35 bits per heavy atom. The predicted molar refractivity (Wildman–Crippen MR) is 76.0 cm³/mol. The minimum Gasteiger partial charge on any atom is -0.423 e. The van der Waals surface area contributed by atoms with Gasteiger partial charge >= 0.3 is 5.97 Å². The Kier molecular flexibility index (Phi) is 5.92. The van der Waals surface area contributed by atoms with Crippen molar-refractivity contribution in [1.82, 2.24) is 0 Å². The summed E-state index contributed by atoms with van der Waals surface area (Å²) in [6, 6.07) is 6.31. The summed E-state index contributed by atoms with van der Waals surface area (Å²) in [5.74, 6) is -1.44. The molecule has 0 heterocycles. The van der Waals surface area contributed by atoms with Crippen LogP contribution < -0.4 is 4.74 Å². The first-order chi connectivity index (χ1) is 9.32. The monoisotopic (exact) mass is 314 g/mol. The van der Waals surface area contributed by atoms with Crippen molar-refractivity contribution < 1.29 is 19.1 Å². The summed E-state index contributed by atoms with van der Waals surface area (Å²) in [6.45, 7) is 4.96. The Balaban J connectivity index is 3.15. The molecule has 0 spiro atoms. The third-order valence-corrected chi connectivity index (χ3v) is 2.90. The van der Waals surface area contributed by atoms with Crippen LogP contribution in [0, 0.1) is 0 Å². The van der Waals surface area contributed by atoms with Gasteiger partial charge in [-0.2, -0.15) is 0 Å². The molecule has 0 saturated heterocycles. The van der Waals surface area contributed by atoms with Crippen LogP contribution in [0.5, 0.6) is 5.75 Å². The number of esters is 1. The number of hydrogen-bond acceptors (Lipinski definition) is 4. The molecule has 0 saturated carbocycles. The normalized spacial score (nSPS) is 11.6. The van der Waals surface area contributed by atoms with Crippen LogP contribution in [-0.2, 0) is 14.4 Å². The molecule has 4 nitrogen and oxygen atoms in total. The summed E-state index contributed by atoms with van der Waals surface area (Å²) in [7, 11) is 0. The fourth-order valence-electron chi connectivity index (χ4n) is 1.52. The number of rotatable bonds is 6. The summed E-state index contributed by atoms with van der Waals surface area (Å²) in [5, 5.41) is -1.46. The zero-order valence-corrected chi connectivity index (χ0v) is 12.2. The molecule has 0 fully saturated rings. The minimum absolute atomic E-state index is 0.150. The van der Waals surface area contributed by atoms with Crippen LogP contribution in [0.3, 0.4) is 0 Å². The van der Waals surface area contributed by atoms with Crippen LogP contribution in [-0.4, -0.2) is 16.5 Å². The van der Waals surface area contributed by atoms with Crippen molar-refractivity contribution in [3.8, 4) is 5.75 Å². The zero-order chi connectivity index (χ0) is 15.3. The molecule has 106 valence electrons. The second kappa shape index (κ2) is 7.22. The van der Waals surface area contributed by atoms with E-state index in [0.717, 1.165) is 0 Å². The van der Waals surface area contributed by atoms with E-state index in [1.165, 1.54) is 13.0 Å². The molecule has 0 aliphatic carbocycles. The van der Waals surface area contributed by atoms with Gasteiger partial charge in [0.2, 0.25) is 10.5 Å². The Bertz CT molecular complexity index is 566. The standard InChI is InChI=1S/C14H12Cl2O4/c1-8(2)14(19)20-11-6-4-3-5-9(11)10(13(16)18)7-12(15)17/h3-6,10H,1,7H2,2H3. The maximum atomic E-state index is 11.5. The van der Waals surface area contributed by atoms with Gasteiger partial charge in [0.25, 0.3) is 0 Å². The molecule has 20 heavy (non-hydrogen) atoms. The van der Waals surface area contributed by atoms with E-state index in [0.29, 0.717) is 5.56 Å². The van der Waals surface area contributed by atoms with Gasteiger partial charge in [0.15, 0.2) is 0 Å². The van der Waals surface area contributed by atoms with Crippen molar-refractivity contribution in [2.45, 2.75) is 19.3 Å². The number of carbonyl (C=O) groups is 3. The molecule has 0 aliphatic heterocycles. The predicted octanol–water partition coefficient (Wildman–Crippen LogP) is 3.17. The van der Waals surface area contributed by atoms with Crippen LogP contribution in [0.2, 0.25) is 0 Å². The first-order valence-corrected chi connectivity index (χ1v) is 6.42. The van der Waals surface area contributed by atoms with Crippen LogP contribution in [0.25, 0.3) is 0 Å². The van der Waals surface area contributed by atoms with E-state index in [9.17, 15) is 14.4 Å². The van der Waals surface area contributed by atoms with Crippen molar-refractivity contribution in [2.75, 3.05) is 0 Å². The van der Waals surface area contributed by atoms with E-state index in [2.05, 4.69) is 6.58 Å². The van der Waals surface area contributed by atoms with Crippen molar-refractivity contribution in [2.24, 2.45) is 0 Å². The zero-order valence-electron chi connectivity index (χ0n) is 10.7. The fourth-order valence-corrected chi connectivity index (χ4v) is 1.87. The second-order valence-electron chi connectivity index (χ2n) is 4.12. The quantitative estimate of drug-likeness (QED) is 0.350. The Hall–Kier alpha value is -1.65. The number of ether oxygens (including phenoxy) is 1. The van der Waals surface area contributed by atoms with E-state index < -0.39 is 22.4 Å². The van der Waals surface area contributed by atoms with Crippen molar-refractivity contribution in [3.63, 3.8) is 0 Å². The number of hydrogen-bond donors (Lipinski definition) is 0. The average molecular weight is 315 g/mol. The Labute approximate surface area is 126 Å². The van der Waals surface area contributed by atoms with Gasteiger partial charge in [-0.1, -0.05) is 24.8 Å². The Morgan fingerprint density at radius 2 is 1.85 bits per heavy atom. The van der Waals surface area contributed by atoms with Crippen LogP contribution in [0.15, 0.2) is 36.4 Å². The lowest BCUT2D eigenvalue weighted by molar-refractivity contribution is -0.130. The SMILES string of the molecule is C=C(C)C(=O)Oc1ccccc1C(CC(=O)Cl)C(=O)Cl. The molecule has 0 N–H and O–H groups in total. The highest BCUT2D eigenvalue weighted by Gasteiger charge is 2.25. The van der Waals surface area contributed by atoms with Crippen molar-refractivity contribution in [3.05, 3.63) is 42.0 Å². The highest BCUT2D eigenvalue weighted by molar-refractivity contribution is 6.67. The van der Waals surface area contributed by atoms with Crippen LogP contribution in [0.1, 0.15) is 24.8 Å². The van der Waals surface area contributed by atoms with Crippen LogP contribution in [0.4, 0.5) is 0 Å². The fraction of sp³-hybridized carbons (Fsp3) is 0.214. The maximum Gasteiger partial charge on any atom is 0.338 e. The van der Waals surface area contributed by atoms with E-state index in [1.807, 2.05) is 0 Å². The number of carbonyl (C=O) groups excluding carboxylic acids is 3. The number of halogens is 2. The average Bonchev–Trinajstić information content (AvgIpc) is 2.36. The molecule has 0 bridgehead atoms. The first-order valence-electron chi connectivity index (χ1n) is 5.67. The summed E-state index contributed by atoms with van der Waals surface area (Å²) < 4.78 is 5.12. The summed E-state index contributed by atoms with van der Waals surface area (Å²) >= 11 is 10.8. The molecular weight excluding hydrogens is 303 g/mol. The van der Waals surface area contributed by atoms with Gasteiger partial charge in [-0.15, -0.1) is 0 Å². The Morgan fingerprint density at radius 1 is 1.25 bits per heavy atom. The van der Waals surface area contributed by atoms with Crippen molar-refractivity contribution in [1.29, 1.82) is 0 Å². The van der Waals surface area contributed by atoms with Gasteiger partial charge in [0.1, 0.15) is 5.75 Å². The molecule has 0 amide bonds. The van der Waals surface area contributed by atoms with E-state index in [-0.39, 0.29) is 17.7 Å². The lowest BCUT2D eigenvalue weighted by Gasteiger charge is -2.15. The van der Waals surface area contributed by atoms with Gasteiger partial charge in [-0.05, 0) is 36.2 Å². The number of benzene rings is 1. The van der Waals surface area contributed by atoms with Crippen molar-refractivity contribution >= 4 is 39.7 Å². The second-order valence-corrected chi connectivity index (χ2v) is 4.92. The molecular formula is C14H12Cl2O4. The lowest BCUT2D eigenvalue weighted by atomic mass is 9.96. The molecule has 1 aromatic rings. The lowest BCUT2D eigenvalue weighted by Crippen LogP contribution is -2.14. The maximum absolute atomic E-state index is 11.5. The van der Waals surface area contributed by atoms with Crippen LogP contribution >= 0.6 is 23.2 Å². The first kappa shape index (κ1) is 16.4. The van der Waals surface area contributed by atoms with E-state index in [4.69, 9.17) is 27.9 Å². The largest absolute Gasteiger partial charge is 0.423 e. The number of para-hydroxylation sites is 1. The molecule has 1 atom stereocenters. The van der Waals surface area contributed by atoms with Gasteiger partial charge in [-0.25, -0.2) is 4.79 Å². The summed E-state index contributed by atoms with van der Waals surface area (Å²) in [5.41, 5.74) is 0.540. The molecule has 1 unspecified atom stereocenters. The summed E-state index contributed by atoms with van der Waals surface area (Å²) in [6.07, 6.45) is -0.272. The third-order valence-electron chi connectivity index (χ3n) is 2.48. The molecule has 1 rings (SSSR count). The van der Waals surface area contributed by atoms with Gasteiger partial charge in [0, 0.05) is 17.6 Å². The smallest absolute Gasteiger partial charge is 0.338 e. The molecule has 0 radical (unpaired) electrons. The highest BCUT2D eigenvalue weighted by atomic mass is 35.5. The topological polar surface area (TPSA) is 60.4 Å². The van der Waals surface area contributed by atoms with Gasteiger partial charge in [0.05, 0.1) is 5.92 Å². The molecule has 0 aromatic heterocycles. The molecule has 6 heteroatoms. The molecule has 1 aromatic carbocycles. The minimum atomic E-state index is -0.962. The summed E-state index contributed by atoms with van der Waals surface area (Å²) in [4.78, 5) is 34.0. The van der Waals surface area contributed by atoms with Gasteiger partial charge in [-0.3, -0.25) is 9.59 Å². The van der Waals surface area contributed by atoms with Gasteiger partial charge < -0.3 is 4.74 Å². The van der Waals surface area contributed by atoms with E-state index >= 15 is 0 Å². The third kappa shape index (κ3) is 4.47. The van der Waals surface area contributed by atoms with E-state index in [1.54, 1.807) is 18.2 Å². The highest BCUT2D eigenvalue weighted by Crippen LogP contribution is 2.31.